The van der Waals surface area contributed by atoms with Crippen LogP contribution in [0.1, 0.15) is 21.5 Å². The number of pyridine rings is 1. The first-order valence-corrected chi connectivity index (χ1v) is 9.48. The fourth-order valence-corrected chi connectivity index (χ4v) is 3.51. The zero-order valence-corrected chi connectivity index (χ0v) is 15.8. The lowest BCUT2D eigenvalue weighted by molar-refractivity contribution is -0.255. The van der Waals surface area contributed by atoms with E-state index in [4.69, 9.17) is 9.15 Å². The average Bonchev–Trinajstić information content (AvgIpc) is 3.46. The van der Waals surface area contributed by atoms with Crippen molar-refractivity contribution in [1.29, 1.82) is 5.26 Å². The van der Waals surface area contributed by atoms with E-state index in [1.54, 1.807) is 30.7 Å². The maximum Gasteiger partial charge on any atom is 0.233 e. The van der Waals surface area contributed by atoms with Gasteiger partial charge in [-0.15, -0.1) is 11.3 Å². The van der Waals surface area contributed by atoms with Crippen LogP contribution in [0, 0.1) is 11.3 Å². The number of carboxylic acids is 1. The fourth-order valence-electron chi connectivity index (χ4n) is 2.82. The molecule has 0 aliphatic heterocycles. The largest absolute Gasteiger partial charge is 0.545 e. The SMILES string of the molecule is N#Cc1c(-c2ccoc2)cc(-c2cccs2)nc1OCc1ccc(C(=O)[O-])cc1. The van der Waals surface area contributed by atoms with Crippen molar-refractivity contribution in [3.63, 3.8) is 0 Å². The number of nitrogens with zero attached hydrogens (tertiary/aromatic N) is 2. The van der Waals surface area contributed by atoms with Crippen molar-refractivity contribution >= 4 is 17.3 Å². The lowest BCUT2D eigenvalue weighted by Gasteiger charge is -2.12. The van der Waals surface area contributed by atoms with Gasteiger partial charge in [-0.05, 0) is 34.7 Å². The summed E-state index contributed by atoms with van der Waals surface area (Å²) in [5.41, 5.74) is 3.25. The predicted octanol–water partition coefficient (Wildman–Crippen LogP) is 3.88. The van der Waals surface area contributed by atoms with Gasteiger partial charge in [0.1, 0.15) is 18.2 Å². The Morgan fingerprint density at radius 1 is 1.24 bits per heavy atom. The van der Waals surface area contributed by atoms with Crippen LogP contribution in [0.2, 0.25) is 0 Å². The van der Waals surface area contributed by atoms with Crippen molar-refractivity contribution < 1.29 is 19.1 Å². The number of carbonyl (C=O) groups is 1. The molecule has 0 aliphatic rings. The Labute approximate surface area is 170 Å². The van der Waals surface area contributed by atoms with Crippen molar-refractivity contribution in [1.82, 2.24) is 4.98 Å². The average molecular weight is 401 g/mol. The van der Waals surface area contributed by atoms with Gasteiger partial charge in [-0.2, -0.15) is 5.26 Å². The van der Waals surface area contributed by atoms with Gasteiger partial charge in [0, 0.05) is 11.1 Å². The molecule has 0 amide bonds. The molecule has 4 aromatic rings. The van der Waals surface area contributed by atoms with Crippen LogP contribution in [-0.4, -0.2) is 11.0 Å². The van der Waals surface area contributed by atoms with E-state index in [1.807, 2.05) is 23.6 Å². The number of benzene rings is 1. The number of thiophene rings is 1. The number of ether oxygens (including phenoxy) is 1. The highest BCUT2D eigenvalue weighted by molar-refractivity contribution is 7.13. The minimum absolute atomic E-state index is 0.0894. The second-order valence-corrected chi connectivity index (χ2v) is 7.06. The Balaban J connectivity index is 1.71. The molecule has 3 aromatic heterocycles. The molecule has 7 heteroatoms. The van der Waals surface area contributed by atoms with Crippen LogP contribution in [0.5, 0.6) is 5.88 Å². The molecule has 1 aromatic carbocycles. The molecule has 0 spiro atoms. The Kier molecular flexibility index (Phi) is 5.10. The highest BCUT2D eigenvalue weighted by Crippen LogP contribution is 2.35. The Hall–Kier alpha value is -3.89. The van der Waals surface area contributed by atoms with E-state index < -0.39 is 5.97 Å². The summed E-state index contributed by atoms with van der Waals surface area (Å²) >= 11 is 1.54. The quantitative estimate of drug-likeness (QED) is 0.486. The Morgan fingerprint density at radius 3 is 2.69 bits per heavy atom. The van der Waals surface area contributed by atoms with Crippen LogP contribution in [0.15, 0.2) is 70.9 Å². The number of nitriles is 1. The molecule has 4 rings (SSSR count). The van der Waals surface area contributed by atoms with Gasteiger partial charge >= 0.3 is 0 Å². The molecule has 6 nitrogen and oxygen atoms in total. The number of carboxylic acid groups (broad SMARTS) is 1. The van der Waals surface area contributed by atoms with Crippen molar-refractivity contribution in [3.8, 4) is 33.6 Å². The van der Waals surface area contributed by atoms with Crippen LogP contribution >= 0.6 is 11.3 Å². The van der Waals surface area contributed by atoms with Gasteiger partial charge < -0.3 is 19.1 Å². The topological polar surface area (TPSA) is 99.2 Å². The molecule has 0 atom stereocenters. The third-order valence-corrected chi connectivity index (χ3v) is 5.16. The highest BCUT2D eigenvalue weighted by atomic mass is 32.1. The van der Waals surface area contributed by atoms with Gasteiger partial charge in [-0.3, -0.25) is 0 Å². The van der Waals surface area contributed by atoms with Crippen LogP contribution in [-0.2, 0) is 6.61 Å². The number of hydrogen-bond acceptors (Lipinski definition) is 7. The molecule has 29 heavy (non-hydrogen) atoms. The molecule has 0 unspecified atom stereocenters. The first-order chi connectivity index (χ1) is 14.2. The molecular weight excluding hydrogens is 388 g/mol. The number of aromatic nitrogens is 1. The van der Waals surface area contributed by atoms with E-state index in [-0.39, 0.29) is 18.1 Å². The Bertz CT molecular complexity index is 1180. The minimum Gasteiger partial charge on any atom is -0.545 e. The summed E-state index contributed by atoms with van der Waals surface area (Å²) < 4.78 is 11.0. The number of carbonyl (C=O) groups excluding carboxylic acids is 1. The van der Waals surface area contributed by atoms with Crippen LogP contribution in [0.3, 0.4) is 0 Å². The van der Waals surface area contributed by atoms with Crippen molar-refractivity contribution in [2.24, 2.45) is 0 Å². The monoisotopic (exact) mass is 401 g/mol. The number of hydrogen-bond donors (Lipinski definition) is 0. The molecule has 0 bridgehead atoms. The smallest absolute Gasteiger partial charge is 0.233 e. The molecule has 0 fully saturated rings. The molecule has 0 radical (unpaired) electrons. The third-order valence-electron chi connectivity index (χ3n) is 4.27. The molecule has 142 valence electrons. The summed E-state index contributed by atoms with van der Waals surface area (Å²) in [7, 11) is 0. The summed E-state index contributed by atoms with van der Waals surface area (Å²) in [5, 5.41) is 22.6. The minimum atomic E-state index is -1.24. The summed E-state index contributed by atoms with van der Waals surface area (Å²) in [5.74, 6) is -1.03. The lowest BCUT2D eigenvalue weighted by Crippen LogP contribution is -2.22. The maximum absolute atomic E-state index is 10.9. The van der Waals surface area contributed by atoms with Crippen LogP contribution in [0.4, 0.5) is 0 Å². The zero-order valence-electron chi connectivity index (χ0n) is 15.0. The van der Waals surface area contributed by atoms with E-state index in [9.17, 15) is 15.2 Å². The normalized spacial score (nSPS) is 10.4. The summed E-state index contributed by atoms with van der Waals surface area (Å²) in [6.45, 7) is 0.133. The number of furan rings is 1. The maximum atomic E-state index is 10.9. The first-order valence-electron chi connectivity index (χ1n) is 8.60. The van der Waals surface area contributed by atoms with E-state index in [0.717, 1.165) is 16.0 Å². The molecular formula is C22H13N2O4S-. The molecule has 0 aliphatic carbocycles. The van der Waals surface area contributed by atoms with E-state index in [0.29, 0.717) is 16.8 Å². The van der Waals surface area contributed by atoms with E-state index >= 15 is 0 Å². The summed E-state index contributed by atoms with van der Waals surface area (Å²) in [4.78, 5) is 16.4. The molecule has 0 saturated heterocycles. The molecule has 0 saturated carbocycles. The summed E-state index contributed by atoms with van der Waals surface area (Å²) in [6, 6.07) is 15.8. The third kappa shape index (κ3) is 3.88. The second kappa shape index (κ2) is 8.00. The lowest BCUT2D eigenvalue weighted by atomic mass is 10.0. The van der Waals surface area contributed by atoms with Gasteiger partial charge in [-0.25, -0.2) is 4.98 Å². The number of rotatable bonds is 6. The second-order valence-electron chi connectivity index (χ2n) is 6.11. The first kappa shape index (κ1) is 18.5. The molecule has 3 heterocycles. The Morgan fingerprint density at radius 2 is 2.07 bits per heavy atom. The van der Waals surface area contributed by atoms with Gasteiger partial charge in [0.05, 0.1) is 29.1 Å². The van der Waals surface area contributed by atoms with Gasteiger partial charge in [-0.1, -0.05) is 30.3 Å². The van der Waals surface area contributed by atoms with Crippen molar-refractivity contribution in [2.75, 3.05) is 0 Å². The fraction of sp³-hybridized carbons (Fsp3) is 0.0455. The van der Waals surface area contributed by atoms with Crippen LogP contribution in [0.25, 0.3) is 21.7 Å². The van der Waals surface area contributed by atoms with Crippen molar-refractivity contribution in [2.45, 2.75) is 6.61 Å². The highest BCUT2D eigenvalue weighted by Gasteiger charge is 2.18. The van der Waals surface area contributed by atoms with Crippen molar-refractivity contribution in [3.05, 3.63) is 83.1 Å². The van der Waals surface area contributed by atoms with Gasteiger partial charge in [0.25, 0.3) is 0 Å². The van der Waals surface area contributed by atoms with E-state index in [1.165, 1.54) is 23.5 Å². The number of aromatic carboxylic acids is 1. The van der Waals surface area contributed by atoms with E-state index in [2.05, 4.69) is 11.1 Å². The molecule has 0 N–H and O–H groups in total. The van der Waals surface area contributed by atoms with Gasteiger partial charge in [0.15, 0.2) is 0 Å². The summed E-state index contributed by atoms with van der Waals surface area (Å²) in [6.07, 6.45) is 3.11. The standard InChI is InChI=1S/C22H14N2O4S/c23-11-18-17(16-7-8-27-13-16)10-19(20-2-1-9-29-20)24-21(18)28-12-14-3-5-15(6-4-14)22(25)26/h1-10,13H,12H2,(H,25,26)/p-1. The van der Waals surface area contributed by atoms with Gasteiger partial charge in [0.2, 0.25) is 5.88 Å². The van der Waals surface area contributed by atoms with Crippen LogP contribution < -0.4 is 9.84 Å². The predicted molar refractivity (Wildman–Crippen MR) is 105 cm³/mol. The zero-order chi connectivity index (χ0) is 20.2.